The molecule has 0 aliphatic carbocycles. The fourth-order valence-electron chi connectivity index (χ4n) is 4.81. The number of fused-ring (bicyclic) bond motifs is 3. The van der Waals surface area contributed by atoms with E-state index in [1.807, 2.05) is 48.6 Å². The van der Waals surface area contributed by atoms with Crippen LogP contribution in [-0.4, -0.2) is 42.1 Å². The van der Waals surface area contributed by atoms with E-state index in [1.54, 1.807) is 19.4 Å². The van der Waals surface area contributed by atoms with Crippen molar-refractivity contribution in [3.05, 3.63) is 69.7 Å². The maximum atomic E-state index is 13.9. The first kappa shape index (κ1) is 31.3. The minimum atomic E-state index is -0.859. The highest BCUT2D eigenvalue weighted by molar-refractivity contribution is 7.79. The normalized spacial score (nSPS) is 11.9. The number of methoxy groups -OCH3 is 1. The molecule has 0 amide bonds. The Morgan fingerprint density at radius 3 is 2.24 bits per heavy atom. The van der Waals surface area contributed by atoms with E-state index in [4.69, 9.17) is 4.74 Å². The molecule has 38 heavy (non-hydrogen) atoms. The second-order valence-corrected chi connectivity index (χ2v) is 10.5. The molecule has 0 bridgehead atoms. The van der Waals surface area contributed by atoms with E-state index in [1.165, 1.54) is 6.20 Å². The highest BCUT2D eigenvalue weighted by Gasteiger charge is 2.30. The number of rotatable bonds is 3. The van der Waals surface area contributed by atoms with Gasteiger partial charge in [0.25, 0.3) is 0 Å². The number of carboxylic acid groups (broad SMARTS) is 1. The summed E-state index contributed by atoms with van der Waals surface area (Å²) in [6.07, 6.45) is 2.89. The number of hydrogen-bond donors (Lipinski definition) is 2. The first-order valence-electron chi connectivity index (χ1n) is 12.6. The predicted molar refractivity (Wildman–Crippen MR) is 159 cm³/mol. The molecule has 1 aliphatic heterocycles. The number of ether oxygens (including phenoxy) is 1. The molecule has 4 rings (SSSR count). The zero-order chi connectivity index (χ0) is 28.9. The molecule has 7 heteroatoms. The van der Waals surface area contributed by atoms with E-state index in [0.717, 1.165) is 61.5 Å². The molecule has 0 atom stereocenters. The van der Waals surface area contributed by atoms with Gasteiger partial charge in [-0.2, -0.15) is 12.6 Å². The van der Waals surface area contributed by atoms with Gasteiger partial charge in [0, 0.05) is 37.5 Å². The highest BCUT2D eigenvalue weighted by atomic mass is 32.1. The first-order valence-corrected chi connectivity index (χ1v) is 13.5. The van der Waals surface area contributed by atoms with Crippen molar-refractivity contribution in [2.45, 2.75) is 67.0 Å². The second-order valence-electron chi connectivity index (χ2n) is 10.5. The Balaban J connectivity index is 0.000000560. The Hall–Kier alpha value is -2.90. The number of thiol groups is 1. The summed E-state index contributed by atoms with van der Waals surface area (Å²) < 4.78 is 18.8. The number of aromatic nitrogens is 1. The van der Waals surface area contributed by atoms with Crippen molar-refractivity contribution in [3.63, 3.8) is 0 Å². The SMILES string of the molecule is COC(C)(C)C.CS.Cc1ccc(-c2c(C)c3c(c(C)c2CC(=O)O)N(C)Cc2cc(F)cnc2-3)c(C)c1. The molecule has 0 saturated carbocycles. The van der Waals surface area contributed by atoms with Crippen LogP contribution in [0.25, 0.3) is 22.4 Å². The van der Waals surface area contributed by atoms with Crippen LogP contribution in [0.15, 0.2) is 30.5 Å². The molecule has 1 aliphatic rings. The molecule has 1 aromatic heterocycles. The van der Waals surface area contributed by atoms with Crippen LogP contribution in [-0.2, 0) is 22.5 Å². The highest BCUT2D eigenvalue weighted by Crippen LogP contribution is 2.48. The average Bonchev–Trinajstić information content (AvgIpc) is 2.83. The van der Waals surface area contributed by atoms with E-state index in [2.05, 4.69) is 47.6 Å². The van der Waals surface area contributed by atoms with Crippen molar-refractivity contribution < 1.29 is 19.0 Å². The Morgan fingerprint density at radius 1 is 1.11 bits per heavy atom. The third kappa shape index (κ3) is 6.94. The van der Waals surface area contributed by atoms with Gasteiger partial charge >= 0.3 is 5.97 Å². The molecule has 0 radical (unpaired) electrons. The molecule has 0 saturated heterocycles. The molecule has 5 nitrogen and oxygen atoms in total. The van der Waals surface area contributed by atoms with Gasteiger partial charge in [0.2, 0.25) is 0 Å². The van der Waals surface area contributed by atoms with Crippen LogP contribution in [0.3, 0.4) is 0 Å². The molecule has 1 N–H and O–H groups in total. The summed E-state index contributed by atoms with van der Waals surface area (Å²) in [5.74, 6) is -1.21. The lowest BCUT2D eigenvalue weighted by molar-refractivity contribution is -0.136. The van der Waals surface area contributed by atoms with Crippen LogP contribution < -0.4 is 4.90 Å². The third-order valence-electron chi connectivity index (χ3n) is 6.65. The van der Waals surface area contributed by atoms with Gasteiger partial charge in [-0.15, -0.1) is 0 Å². The number of pyridine rings is 1. The molecule has 206 valence electrons. The molecular formula is C31H41FN2O3S. The van der Waals surface area contributed by atoms with Gasteiger partial charge in [0.05, 0.1) is 23.9 Å². The number of hydrogen-bond acceptors (Lipinski definition) is 5. The summed E-state index contributed by atoms with van der Waals surface area (Å²) in [5, 5.41) is 9.66. The average molecular weight is 541 g/mol. The Kier molecular flexibility index (Phi) is 10.5. The zero-order valence-electron chi connectivity index (χ0n) is 24.3. The van der Waals surface area contributed by atoms with E-state index >= 15 is 0 Å². The summed E-state index contributed by atoms with van der Waals surface area (Å²) in [7, 11) is 3.67. The fraction of sp³-hybridized carbons (Fsp3) is 0.419. The molecular weight excluding hydrogens is 499 g/mol. The molecule has 0 spiro atoms. The van der Waals surface area contributed by atoms with E-state index in [0.29, 0.717) is 6.54 Å². The minimum absolute atomic E-state index is 0.0417. The lowest BCUT2D eigenvalue weighted by Gasteiger charge is -2.34. The van der Waals surface area contributed by atoms with Crippen LogP contribution in [0.5, 0.6) is 0 Å². The van der Waals surface area contributed by atoms with Crippen molar-refractivity contribution in [1.29, 1.82) is 0 Å². The standard InChI is InChI=1S/C25H25FN2O2.C5H12O.CH4S/c1-13-6-7-19(14(2)8-13)22-16(4)23-24-17(9-18(26)11-27-24)12-28(5)25(23)15(3)20(22)10-21(29)30;1-5(2,3)6-4;1-2/h6-9,11H,10,12H2,1-5H3,(H,29,30);1-4H3;2H,1H3. The molecule has 2 heterocycles. The van der Waals surface area contributed by atoms with Crippen molar-refractivity contribution in [2.24, 2.45) is 0 Å². The molecule has 3 aromatic rings. The van der Waals surface area contributed by atoms with Crippen molar-refractivity contribution >= 4 is 24.3 Å². The van der Waals surface area contributed by atoms with Crippen LogP contribution in [0.2, 0.25) is 0 Å². The number of aryl methyl sites for hydroxylation is 2. The third-order valence-corrected chi connectivity index (χ3v) is 6.65. The summed E-state index contributed by atoms with van der Waals surface area (Å²) in [6.45, 7) is 14.7. The fourth-order valence-corrected chi connectivity index (χ4v) is 4.81. The largest absolute Gasteiger partial charge is 0.481 e. The summed E-state index contributed by atoms with van der Waals surface area (Å²) in [6, 6.07) is 7.77. The van der Waals surface area contributed by atoms with Crippen LogP contribution in [0, 0.1) is 33.5 Å². The summed E-state index contributed by atoms with van der Waals surface area (Å²) >= 11 is 3.53. The van der Waals surface area contributed by atoms with Gasteiger partial charge in [0.1, 0.15) is 5.82 Å². The van der Waals surface area contributed by atoms with Crippen LogP contribution in [0.1, 0.15) is 54.2 Å². The Bertz CT molecular complexity index is 1320. The maximum absolute atomic E-state index is 13.9. The van der Waals surface area contributed by atoms with Crippen molar-refractivity contribution in [1.82, 2.24) is 4.98 Å². The zero-order valence-corrected chi connectivity index (χ0v) is 25.2. The van der Waals surface area contributed by atoms with Crippen molar-refractivity contribution in [2.75, 3.05) is 25.3 Å². The number of carboxylic acids is 1. The maximum Gasteiger partial charge on any atom is 0.307 e. The van der Waals surface area contributed by atoms with E-state index < -0.39 is 5.97 Å². The number of anilines is 1. The number of aliphatic carboxylic acids is 1. The minimum Gasteiger partial charge on any atom is -0.481 e. The number of carbonyl (C=O) groups is 1. The number of benzene rings is 2. The number of halogens is 1. The number of nitrogens with zero attached hydrogens (tertiary/aromatic N) is 2. The Labute approximate surface area is 232 Å². The quantitative estimate of drug-likeness (QED) is 0.340. The predicted octanol–water partition coefficient (Wildman–Crippen LogP) is 7.34. The van der Waals surface area contributed by atoms with Crippen LogP contribution >= 0.6 is 12.6 Å². The molecule has 0 fully saturated rings. The molecule has 0 unspecified atom stereocenters. The molecule has 2 aromatic carbocycles. The topological polar surface area (TPSA) is 62.7 Å². The van der Waals surface area contributed by atoms with E-state index in [-0.39, 0.29) is 17.8 Å². The van der Waals surface area contributed by atoms with Crippen molar-refractivity contribution in [3.8, 4) is 22.4 Å². The first-order chi connectivity index (χ1) is 17.7. The van der Waals surface area contributed by atoms with Gasteiger partial charge in [-0.3, -0.25) is 9.78 Å². The van der Waals surface area contributed by atoms with Gasteiger partial charge in [0.15, 0.2) is 0 Å². The summed E-state index contributed by atoms with van der Waals surface area (Å²) in [5.41, 5.74) is 10.6. The van der Waals surface area contributed by atoms with E-state index in [9.17, 15) is 14.3 Å². The second kappa shape index (κ2) is 12.8. The van der Waals surface area contributed by atoms with Gasteiger partial charge in [-0.1, -0.05) is 23.8 Å². The summed E-state index contributed by atoms with van der Waals surface area (Å²) in [4.78, 5) is 18.3. The lowest BCUT2D eigenvalue weighted by Crippen LogP contribution is -2.25. The van der Waals surface area contributed by atoms with Gasteiger partial charge < -0.3 is 14.7 Å². The smallest absolute Gasteiger partial charge is 0.307 e. The van der Waals surface area contributed by atoms with Gasteiger partial charge in [-0.05, 0) is 94.2 Å². The van der Waals surface area contributed by atoms with Crippen LogP contribution in [0.4, 0.5) is 10.1 Å². The van der Waals surface area contributed by atoms with Gasteiger partial charge in [-0.25, -0.2) is 4.39 Å². The Morgan fingerprint density at radius 2 is 1.71 bits per heavy atom. The monoisotopic (exact) mass is 540 g/mol. The lowest BCUT2D eigenvalue weighted by atomic mass is 9.81.